The van der Waals surface area contributed by atoms with Crippen LogP contribution in [0.15, 0.2) is 103 Å². The molecule has 0 bridgehead atoms. The molecule has 2 N–H and O–H groups in total. The number of para-hydroxylation sites is 1. The molecule has 1 spiro atoms. The highest BCUT2D eigenvalue weighted by atomic mass is 28.4. The van der Waals surface area contributed by atoms with Crippen molar-refractivity contribution >= 4 is 37.5 Å². The Morgan fingerprint density at radius 3 is 2.30 bits per heavy atom. The van der Waals surface area contributed by atoms with Gasteiger partial charge in [0.25, 0.3) is 11.8 Å². The Morgan fingerprint density at radius 2 is 1.60 bits per heavy atom. The van der Waals surface area contributed by atoms with Gasteiger partial charge in [0.2, 0.25) is 14.3 Å². The quantitative estimate of drug-likeness (QED) is 0.160. The molecule has 3 aliphatic heterocycles. The van der Waals surface area contributed by atoms with Gasteiger partial charge in [-0.2, -0.15) is 0 Å². The Bertz CT molecular complexity index is 1920. The van der Waals surface area contributed by atoms with Crippen molar-refractivity contribution in [1.29, 1.82) is 0 Å². The number of ether oxygens (including phenoxy) is 1. The zero-order valence-electron chi connectivity index (χ0n) is 28.5. The summed E-state index contributed by atoms with van der Waals surface area (Å²) in [5.74, 6) is -1.23. The van der Waals surface area contributed by atoms with Gasteiger partial charge in [-0.1, -0.05) is 79.7 Å². The van der Waals surface area contributed by atoms with Crippen molar-refractivity contribution in [1.82, 2.24) is 4.90 Å². The Labute approximate surface area is 293 Å². The second kappa shape index (κ2) is 13.2. The number of anilines is 2. The van der Waals surface area contributed by atoms with Crippen LogP contribution in [0.25, 0.3) is 0 Å². The summed E-state index contributed by atoms with van der Waals surface area (Å²) in [5, 5.41) is 13.1. The zero-order valence-corrected chi connectivity index (χ0v) is 29.5. The van der Waals surface area contributed by atoms with Gasteiger partial charge in [-0.05, 0) is 66.5 Å². The normalized spacial score (nSPS) is 24.3. The van der Waals surface area contributed by atoms with Crippen molar-refractivity contribution < 1.29 is 28.3 Å². The fourth-order valence-corrected chi connectivity index (χ4v) is 10.9. The maximum atomic E-state index is 16.4. The molecule has 4 aromatic carbocycles. The van der Waals surface area contributed by atoms with E-state index in [0.29, 0.717) is 35.5 Å². The number of rotatable bonds is 8. The van der Waals surface area contributed by atoms with Gasteiger partial charge in [0.05, 0.1) is 37.4 Å². The van der Waals surface area contributed by atoms with Gasteiger partial charge >= 0.3 is 0 Å². The Morgan fingerprint density at radius 1 is 0.940 bits per heavy atom. The van der Waals surface area contributed by atoms with Crippen LogP contribution >= 0.6 is 0 Å². The van der Waals surface area contributed by atoms with Crippen LogP contribution < -0.4 is 10.2 Å². The third-order valence-corrected chi connectivity index (χ3v) is 13.2. The number of carbonyl (C=O) groups is 3. The molecule has 50 heavy (non-hydrogen) atoms. The molecule has 5 atom stereocenters. The number of carbonyl (C=O) groups excluding carboxylic acids is 3. The number of aliphatic hydroxyl groups excluding tert-OH is 1. The SMILES string of the molecule is C[C@@H]1[C@@H]([Si](C)(C)F)[C@H](CC(=O)N2Cc3ccccc3C[C@H]2CO)O[C@@]12C(=O)N(Cc1ccc(NC(=O)c3ccccc3)cc1)c1ccccc12. The maximum Gasteiger partial charge on any atom is 0.264 e. The fraction of sp³-hybridized carbons (Fsp3) is 0.325. The number of nitrogens with zero attached hydrogens (tertiary/aromatic N) is 2. The average Bonchev–Trinajstić information content (AvgIpc) is 3.54. The van der Waals surface area contributed by atoms with E-state index >= 15 is 4.11 Å². The number of benzene rings is 4. The highest BCUT2D eigenvalue weighted by molar-refractivity contribution is 6.72. The minimum Gasteiger partial charge on any atom is -0.394 e. The third-order valence-electron chi connectivity index (χ3n) is 10.7. The first-order valence-electron chi connectivity index (χ1n) is 17.2. The van der Waals surface area contributed by atoms with Crippen LogP contribution in [0, 0.1) is 5.92 Å². The molecule has 3 amide bonds. The van der Waals surface area contributed by atoms with Crippen LogP contribution in [-0.2, 0) is 39.4 Å². The van der Waals surface area contributed by atoms with E-state index in [-0.39, 0.29) is 43.3 Å². The average molecular weight is 692 g/mol. The number of aliphatic hydroxyl groups is 1. The number of fused-ring (bicyclic) bond motifs is 3. The molecule has 0 aliphatic carbocycles. The molecule has 1 fully saturated rings. The minimum atomic E-state index is -3.49. The van der Waals surface area contributed by atoms with Crippen LogP contribution in [0.2, 0.25) is 18.6 Å². The first kappa shape index (κ1) is 33.8. The predicted octanol–water partition coefficient (Wildman–Crippen LogP) is 6.60. The number of halogens is 1. The Kier molecular flexibility index (Phi) is 8.96. The lowest BCUT2D eigenvalue weighted by atomic mass is 9.82. The molecule has 0 unspecified atom stereocenters. The summed E-state index contributed by atoms with van der Waals surface area (Å²) in [6.07, 6.45) is -0.357. The first-order valence-corrected chi connectivity index (χ1v) is 20.2. The lowest BCUT2D eigenvalue weighted by Crippen LogP contribution is -2.48. The monoisotopic (exact) mass is 691 g/mol. The van der Waals surface area contributed by atoms with Gasteiger partial charge in [-0.3, -0.25) is 14.4 Å². The standard InChI is InChI=1S/C40H42FN3O5Si/c1-26-37(50(2,3)41)35(22-36(46)43-24-30-14-8-7-13-29(30)21-32(43)25-45)49-40(26)33-15-9-10-16-34(33)44(39(40)48)23-27-17-19-31(20-18-27)42-38(47)28-11-5-4-6-12-28/h4-20,26,32,35,37,45H,21-25H2,1-3H3,(H,42,47)/t26-,32+,35+,37-,40+/m1/s1. The smallest absolute Gasteiger partial charge is 0.264 e. The molecule has 0 saturated carbocycles. The summed E-state index contributed by atoms with van der Waals surface area (Å²) in [5.41, 5.74) is 3.47. The molecule has 4 aromatic rings. The van der Waals surface area contributed by atoms with Crippen molar-refractivity contribution in [3.05, 3.63) is 131 Å². The molecular formula is C40H42FN3O5Si. The molecule has 3 heterocycles. The highest BCUT2D eigenvalue weighted by Gasteiger charge is 2.67. The maximum absolute atomic E-state index is 16.4. The topological polar surface area (TPSA) is 99.2 Å². The second-order valence-electron chi connectivity index (χ2n) is 14.2. The van der Waals surface area contributed by atoms with Crippen molar-refractivity contribution in [2.24, 2.45) is 5.92 Å². The Hall–Kier alpha value is -4.64. The molecule has 8 nitrogen and oxygen atoms in total. The van der Waals surface area contributed by atoms with Crippen molar-refractivity contribution in [3.8, 4) is 0 Å². The van der Waals surface area contributed by atoms with Gasteiger partial charge in [-0.25, -0.2) is 0 Å². The molecule has 0 radical (unpaired) electrons. The van der Waals surface area contributed by atoms with E-state index in [4.69, 9.17) is 4.74 Å². The van der Waals surface area contributed by atoms with Gasteiger partial charge in [0.1, 0.15) is 0 Å². The summed E-state index contributed by atoms with van der Waals surface area (Å²) in [6, 6.07) is 31.3. The van der Waals surface area contributed by atoms with E-state index in [0.717, 1.165) is 16.7 Å². The molecule has 7 rings (SSSR count). The predicted molar refractivity (Wildman–Crippen MR) is 193 cm³/mol. The number of nitrogens with one attached hydrogen (secondary N) is 1. The lowest BCUT2D eigenvalue weighted by Gasteiger charge is -2.37. The summed E-state index contributed by atoms with van der Waals surface area (Å²) >= 11 is 0. The van der Waals surface area contributed by atoms with Crippen molar-refractivity contribution in [2.75, 3.05) is 16.8 Å². The van der Waals surface area contributed by atoms with Crippen LogP contribution in [0.3, 0.4) is 0 Å². The molecule has 10 heteroatoms. The zero-order chi connectivity index (χ0) is 35.2. The Balaban J connectivity index is 1.14. The van der Waals surface area contributed by atoms with Crippen molar-refractivity contribution in [2.45, 2.75) is 69.2 Å². The van der Waals surface area contributed by atoms with Gasteiger partial charge in [0, 0.05) is 34.8 Å². The van der Waals surface area contributed by atoms with E-state index < -0.39 is 31.6 Å². The molecule has 258 valence electrons. The van der Waals surface area contributed by atoms with Gasteiger partial charge in [-0.15, -0.1) is 0 Å². The van der Waals surface area contributed by atoms with E-state index in [9.17, 15) is 19.5 Å². The van der Waals surface area contributed by atoms with Crippen LogP contribution in [0.4, 0.5) is 15.5 Å². The number of hydrogen-bond acceptors (Lipinski definition) is 5. The summed E-state index contributed by atoms with van der Waals surface area (Å²) in [7, 11) is -3.49. The minimum absolute atomic E-state index is 0.0820. The third kappa shape index (κ3) is 5.95. The van der Waals surface area contributed by atoms with Crippen LogP contribution in [-0.4, -0.2) is 54.9 Å². The largest absolute Gasteiger partial charge is 0.394 e. The number of amides is 3. The summed E-state index contributed by atoms with van der Waals surface area (Å²) in [6.45, 7) is 5.57. The van der Waals surface area contributed by atoms with E-state index in [1.54, 1.807) is 47.2 Å². The summed E-state index contributed by atoms with van der Waals surface area (Å²) in [4.78, 5) is 44.8. The van der Waals surface area contributed by atoms with Gasteiger partial charge < -0.3 is 29.1 Å². The van der Waals surface area contributed by atoms with Crippen LogP contribution in [0.1, 0.15) is 46.0 Å². The van der Waals surface area contributed by atoms with Gasteiger partial charge in [0.15, 0.2) is 5.60 Å². The lowest BCUT2D eigenvalue weighted by molar-refractivity contribution is -0.151. The fourth-order valence-electron chi connectivity index (χ4n) is 8.36. The summed E-state index contributed by atoms with van der Waals surface area (Å²) < 4.78 is 23.2. The van der Waals surface area contributed by atoms with Crippen molar-refractivity contribution in [3.63, 3.8) is 0 Å². The first-order chi connectivity index (χ1) is 24.0. The second-order valence-corrected chi connectivity index (χ2v) is 18.0. The molecule has 0 aromatic heterocycles. The molecule has 1 saturated heterocycles. The van der Waals surface area contributed by atoms with E-state index in [2.05, 4.69) is 5.32 Å². The van der Waals surface area contributed by atoms with Crippen LogP contribution in [0.5, 0.6) is 0 Å². The molecular weight excluding hydrogens is 650 g/mol. The number of hydrogen-bond donors (Lipinski definition) is 2. The van der Waals surface area contributed by atoms with E-state index in [1.165, 1.54) is 0 Å². The van der Waals surface area contributed by atoms with E-state index in [1.807, 2.05) is 85.8 Å². The molecule has 3 aliphatic rings. The highest BCUT2D eigenvalue weighted by Crippen LogP contribution is 2.60.